The van der Waals surface area contributed by atoms with Gasteiger partial charge in [-0.1, -0.05) is 41.9 Å². The van der Waals surface area contributed by atoms with Crippen LogP contribution in [-0.2, 0) is 16.1 Å². The molecule has 0 fully saturated rings. The van der Waals surface area contributed by atoms with Crippen molar-refractivity contribution in [3.63, 3.8) is 0 Å². The summed E-state index contributed by atoms with van der Waals surface area (Å²) in [6.45, 7) is 0.172. The Labute approximate surface area is 177 Å². The van der Waals surface area contributed by atoms with Crippen molar-refractivity contribution in [2.45, 2.75) is 12.6 Å². The average Bonchev–Trinajstić information content (AvgIpc) is 3.21. The molecule has 3 aromatic rings. The van der Waals surface area contributed by atoms with E-state index < -0.39 is 17.9 Å². The van der Waals surface area contributed by atoms with E-state index in [4.69, 9.17) is 16.3 Å². The fourth-order valence-electron chi connectivity index (χ4n) is 2.64. The molecule has 2 amide bonds. The number of halogens is 1. The molecule has 0 spiro atoms. The molecule has 150 valence electrons. The number of carbonyl (C=O) groups excluding carboxylic acids is 2. The number of benzene rings is 2. The third-order valence-corrected chi connectivity index (χ3v) is 5.48. The fourth-order valence-corrected chi connectivity index (χ4v) is 3.78. The van der Waals surface area contributed by atoms with Crippen LogP contribution >= 0.6 is 22.9 Å². The zero-order chi connectivity index (χ0) is 20.8. The predicted molar refractivity (Wildman–Crippen MR) is 113 cm³/mol. The molecule has 3 rings (SSSR count). The van der Waals surface area contributed by atoms with Gasteiger partial charge in [-0.05, 0) is 35.9 Å². The second kappa shape index (κ2) is 9.56. The first kappa shape index (κ1) is 20.9. The van der Waals surface area contributed by atoms with Gasteiger partial charge in [-0.2, -0.15) is 0 Å². The molecule has 0 radical (unpaired) electrons. The summed E-state index contributed by atoms with van der Waals surface area (Å²) in [7, 11) is 1.46. The molecule has 0 aliphatic heterocycles. The minimum absolute atomic E-state index is 0.172. The molecule has 8 heteroatoms. The van der Waals surface area contributed by atoms with E-state index in [1.54, 1.807) is 18.2 Å². The topological polar surface area (TPSA) is 87.7 Å². The summed E-state index contributed by atoms with van der Waals surface area (Å²) >= 11 is 7.29. The van der Waals surface area contributed by atoms with E-state index in [0.717, 1.165) is 15.3 Å². The molecule has 1 atom stereocenters. The van der Waals surface area contributed by atoms with Gasteiger partial charge in [0.1, 0.15) is 11.9 Å². The minimum atomic E-state index is -0.827. The Kier molecular flexibility index (Phi) is 6.87. The Balaban J connectivity index is 1.58. The van der Waals surface area contributed by atoms with E-state index in [9.17, 15) is 14.7 Å². The van der Waals surface area contributed by atoms with Gasteiger partial charge in [0.2, 0.25) is 0 Å². The summed E-state index contributed by atoms with van der Waals surface area (Å²) in [5, 5.41) is 15.9. The lowest BCUT2D eigenvalue weighted by Crippen LogP contribution is -2.34. The quantitative estimate of drug-likeness (QED) is 0.520. The predicted octanol–water partition coefficient (Wildman–Crippen LogP) is 3.75. The minimum Gasteiger partial charge on any atom is -0.495 e. The van der Waals surface area contributed by atoms with Gasteiger partial charge in [0.05, 0.1) is 19.3 Å². The van der Waals surface area contributed by atoms with Gasteiger partial charge in [0, 0.05) is 14.8 Å². The summed E-state index contributed by atoms with van der Waals surface area (Å²) in [6, 6.07) is 17.6. The van der Waals surface area contributed by atoms with Crippen molar-refractivity contribution in [3.8, 4) is 5.75 Å². The van der Waals surface area contributed by atoms with E-state index in [-0.39, 0.29) is 6.54 Å². The fraction of sp³-hybridized carbons (Fsp3) is 0.143. The molecule has 0 aliphatic carbocycles. The highest BCUT2D eigenvalue weighted by Crippen LogP contribution is 2.29. The molecule has 1 unspecified atom stereocenters. The van der Waals surface area contributed by atoms with Crippen LogP contribution in [-0.4, -0.2) is 24.0 Å². The van der Waals surface area contributed by atoms with Gasteiger partial charge in [-0.3, -0.25) is 9.59 Å². The summed E-state index contributed by atoms with van der Waals surface area (Å²) in [6.07, 6.45) is -0.732. The number of carbonyl (C=O) groups is 2. The number of nitrogens with one attached hydrogen (secondary N) is 2. The smallest absolute Gasteiger partial charge is 0.313 e. The van der Waals surface area contributed by atoms with Gasteiger partial charge in [-0.15, -0.1) is 11.3 Å². The van der Waals surface area contributed by atoms with E-state index in [0.29, 0.717) is 16.5 Å². The molecule has 29 heavy (non-hydrogen) atoms. The Hall–Kier alpha value is -2.87. The Morgan fingerprint density at radius 2 is 1.86 bits per heavy atom. The van der Waals surface area contributed by atoms with Crippen LogP contribution < -0.4 is 15.4 Å². The molecule has 0 saturated carbocycles. The number of ether oxygens (including phenoxy) is 1. The number of aliphatic hydroxyl groups excluding tert-OH is 1. The van der Waals surface area contributed by atoms with Gasteiger partial charge in [0.15, 0.2) is 0 Å². The van der Waals surface area contributed by atoms with Crippen molar-refractivity contribution in [2.24, 2.45) is 0 Å². The Morgan fingerprint density at radius 3 is 2.59 bits per heavy atom. The normalized spacial score (nSPS) is 11.6. The van der Waals surface area contributed by atoms with E-state index in [2.05, 4.69) is 10.6 Å². The van der Waals surface area contributed by atoms with Crippen LogP contribution in [0.5, 0.6) is 5.75 Å². The lowest BCUT2D eigenvalue weighted by molar-refractivity contribution is -0.136. The summed E-state index contributed by atoms with van der Waals surface area (Å²) in [5.74, 6) is -1.22. The molecule has 2 aromatic carbocycles. The molecule has 1 heterocycles. The first-order valence-electron chi connectivity index (χ1n) is 8.72. The highest BCUT2D eigenvalue weighted by atomic mass is 35.5. The molecule has 1 aromatic heterocycles. The van der Waals surface area contributed by atoms with E-state index in [1.807, 2.05) is 36.4 Å². The summed E-state index contributed by atoms with van der Waals surface area (Å²) < 4.78 is 5.14. The van der Waals surface area contributed by atoms with Crippen molar-refractivity contribution in [3.05, 3.63) is 81.0 Å². The maximum absolute atomic E-state index is 12.2. The SMILES string of the molecule is COc1ccc(Cl)cc1NC(=O)C(=O)NCc1ccc(C(O)c2ccccc2)s1. The largest absolute Gasteiger partial charge is 0.495 e. The van der Waals surface area contributed by atoms with Gasteiger partial charge < -0.3 is 20.5 Å². The monoisotopic (exact) mass is 430 g/mol. The van der Waals surface area contributed by atoms with Crippen LogP contribution in [0.3, 0.4) is 0 Å². The number of hydrogen-bond acceptors (Lipinski definition) is 5. The van der Waals surface area contributed by atoms with Gasteiger partial charge >= 0.3 is 11.8 Å². The maximum atomic E-state index is 12.2. The molecular weight excluding hydrogens is 412 g/mol. The number of rotatable bonds is 6. The molecule has 0 aliphatic rings. The zero-order valence-corrected chi connectivity index (χ0v) is 17.1. The van der Waals surface area contributed by atoms with Crippen LogP contribution in [0.1, 0.15) is 21.4 Å². The van der Waals surface area contributed by atoms with Crippen molar-refractivity contribution in [2.75, 3.05) is 12.4 Å². The van der Waals surface area contributed by atoms with Crippen LogP contribution in [0.15, 0.2) is 60.7 Å². The molecular formula is C21H19ClN2O4S. The molecule has 0 bridgehead atoms. The molecule has 6 nitrogen and oxygen atoms in total. The van der Waals surface area contributed by atoms with Crippen molar-refractivity contribution >= 4 is 40.4 Å². The number of hydrogen-bond donors (Lipinski definition) is 3. The Morgan fingerprint density at radius 1 is 1.10 bits per heavy atom. The summed E-state index contributed by atoms with van der Waals surface area (Å²) in [4.78, 5) is 25.9. The second-order valence-electron chi connectivity index (χ2n) is 6.10. The van der Waals surface area contributed by atoms with Crippen LogP contribution in [0, 0.1) is 0 Å². The number of aliphatic hydroxyl groups is 1. The zero-order valence-electron chi connectivity index (χ0n) is 15.5. The lowest BCUT2D eigenvalue weighted by atomic mass is 10.1. The third kappa shape index (κ3) is 5.35. The third-order valence-electron chi connectivity index (χ3n) is 4.11. The standard InChI is InChI=1S/C21H19ClN2O4S/c1-28-17-9-7-14(22)11-16(17)24-21(27)20(26)23-12-15-8-10-18(29-15)19(25)13-5-3-2-4-6-13/h2-11,19,25H,12H2,1H3,(H,23,26)(H,24,27). The number of amides is 2. The number of thiophene rings is 1. The number of methoxy groups -OCH3 is 1. The highest BCUT2D eigenvalue weighted by molar-refractivity contribution is 7.12. The highest BCUT2D eigenvalue weighted by Gasteiger charge is 2.17. The molecule has 0 saturated heterocycles. The average molecular weight is 431 g/mol. The summed E-state index contributed by atoms with van der Waals surface area (Å²) in [5.41, 5.74) is 1.10. The maximum Gasteiger partial charge on any atom is 0.313 e. The van der Waals surface area contributed by atoms with E-state index in [1.165, 1.54) is 24.5 Å². The first-order valence-corrected chi connectivity index (χ1v) is 9.91. The molecule has 3 N–H and O–H groups in total. The van der Waals surface area contributed by atoms with Crippen molar-refractivity contribution < 1.29 is 19.4 Å². The number of anilines is 1. The first-order chi connectivity index (χ1) is 14.0. The van der Waals surface area contributed by atoms with Crippen molar-refractivity contribution in [1.82, 2.24) is 5.32 Å². The van der Waals surface area contributed by atoms with Gasteiger partial charge in [0.25, 0.3) is 0 Å². The van der Waals surface area contributed by atoms with Crippen LogP contribution in [0.2, 0.25) is 5.02 Å². The Bertz CT molecular complexity index is 1010. The van der Waals surface area contributed by atoms with E-state index >= 15 is 0 Å². The van der Waals surface area contributed by atoms with Crippen LogP contribution in [0.25, 0.3) is 0 Å². The lowest BCUT2D eigenvalue weighted by Gasteiger charge is -2.10. The second-order valence-corrected chi connectivity index (χ2v) is 7.74. The van der Waals surface area contributed by atoms with Gasteiger partial charge in [-0.25, -0.2) is 0 Å². The van der Waals surface area contributed by atoms with Crippen molar-refractivity contribution in [1.29, 1.82) is 0 Å². The van der Waals surface area contributed by atoms with Crippen LogP contribution in [0.4, 0.5) is 5.69 Å².